The number of nitrogens with one attached hydrogen (secondary N) is 4. The molecule has 1 aromatic rings. The van der Waals surface area contributed by atoms with Crippen LogP contribution in [0.4, 0.5) is 0 Å². The number of hydrogen-bond acceptors (Lipinski definition) is 5. The van der Waals surface area contributed by atoms with Crippen LogP contribution in [-0.2, 0) is 32.3 Å². The number of amides is 4. The van der Waals surface area contributed by atoms with Crippen molar-refractivity contribution in [1.82, 2.24) is 26.2 Å². The zero-order chi connectivity index (χ0) is 25.9. The summed E-state index contributed by atoms with van der Waals surface area (Å²) < 4.78 is 0. The molecule has 0 radical (unpaired) electrons. The molecule has 36 heavy (non-hydrogen) atoms. The Balaban J connectivity index is 1.42. The highest BCUT2D eigenvalue weighted by molar-refractivity contribution is 5.94. The Morgan fingerprint density at radius 2 is 1.89 bits per heavy atom. The van der Waals surface area contributed by atoms with Gasteiger partial charge in [0.15, 0.2) is 0 Å². The van der Waals surface area contributed by atoms with E-state index in [1.165, 1.54) is 6.08 Å². The lowest BCUT2D eigenvalue weighted by Crippen LogP contribution is -2.58. The minimum Gasteiger partial charge on any atom is -0.350 e. The molecule has 2 heterocycles. The number of rotatable bonds is 9. The normalized spacial score (nSPS) is 27.6. The second kappa shape index (κ2) is 10.8. The standard InChI is InChI=1S/C27H37N5O4/c1-4-23(33)29-15-18-7-5-8-19(13-18)16-30-25(35)22-11-12-27-14-20(27)9-6-10-21(26(36)32(22)27)31-24(34)17(2)28-3/h4-5,7-8,13,17,20-22,28H,1,6,9-12,14-16H2,2-3H3,(H,29,33)(H,30,35)(H,31,34)/t17-,20-,21-,22-,27?/m0/s1. The van der Waals surface area contributed by atoms with E-state index >= 15 is 0 Å². The van der Waals surface area contributed by atoms with Gasteiger partial charge in [-0.25, -0.2) is 0 Å². The molecule has 1 aliphatic carbocycles. The van der Waals surface area contributed by atoms with Gasteiger partial charge in [-0.15, -0.1) is 0 Å². The van der Waals surface area contributed by atoms with Gasteiger partial charge in [-0.1, -0.05) is 37.3 Å². The molecule has 1 spiro atoms. The number of carbonyl (C=O) groups excluding carboxylic acids is 4. The van der Waals surface area contributed by atoms with Crippen LogP contribution in [-0.4, -0.2) is 59.2 Å². The van der Waals surface area contributed by atoms with Crippen LogP contribution in [0.2, 0.25) is 0 Å². The average molecular weight is 496 g/mol. The minimum atomic E-state index is -0.609. The summed E-state index contributed by atoms with van der Waals surface area (Å²) in [4.78, 5) is 52.8. The maximum Gasteiger partial charge on any atom is 0.246 e. The van der Waals surface area contributed by atoms with Gasteiger partial charge in [0, 0.05) is 18.6 Å². The number of likely N-dealkylation sites (N-methyl/N-ethyl adjacent to an activating group) is 1. The van der Waals surface area contributed by atoms with Crippen LogP contribution < -0.4 is 21.3 Å². The number of nitrogens with zero attached hydrogens (tertiary/aromatic N) is 1. The molecule has 1 saturated carbocycles. The average Bonchev–Trinajstić information content (AvgIpc) is 3.43. The second-order valence-electron chi connectivity index (χ2n) is 10.2. The summed E-state index contributed by atoms with van der Waals surface area (Å²) in [6.45, 7) is 5.91. The lowest BCUT2D eigenvalue weighted by atomic mass is 9.98. The van der Waals surface area contributed by atoms with Crippen LogP contribution in [0.25, 0.3) is 0 Å². The zero-order valence-electron chi connectivity index (χ0n) is 21.1. The van der Waals surface area contributed by atoms with E-state index in [0.29, 0.717) is 31.8 Å². The molecule has 194 valence electrons. The molecule has 4 amide bonds. The largest absolute Gasteiger partial charge is 0.350 e. The SMILES string of the molecule is C=CC(=O)NCc1cccc(CNC(=O)[C@@H]2CCC34C[C@@H]3CCC[C@H](NC(=O)[C@H](C)NC)C(=O)N24)c1. The molecule has 1 aromatic carbocycles. The number of carbonyl (C=O) groups is 4. The van der Waals surface area contributed by atoms with E-state index in [0.717, 1.165) is 36.8 Å². The molecule has 5 atom stereocenters. The summed E-state index contributed by atoms with van der Waals surface area (Å²) in [6.07, 6.45) is 6.13. The molecular formula is C27H37N5O4. The molecule has 2 aliphatic heterocycles. The van der Waals surface area contributed by atoms with E-state index in [-0.39, 0.29) is 29.2 Å². The van der Waals surface area contributed by atoms with E-state index in [4.69, 9.17) is 0 Å². The number of hydrogen-bond donors (Lipinski definition) is 4. The van der Waals surface area contributed by atoms with Crippen molar-refractivity contribution in [2.45, 2.75) is 82.2 Å². The first kappa shape index (κ1) is 25.9. The van der Waals surface area contributed by atoms with Crippen LogP contribution in [0.1, 0.15) is 56.6 Å². The third-order valence-corrected chi connectivity index (χ3v) is 7.98. The monoisotopic (exact) mass is 495 g/mol. The molecule has 3 aliphatic rings. The summed E-state index contributed by atoms with van der Waals surface area (Å²) in [7, 11) is 1.71. The third-order valence-electron chi connectivity index (χ3n) is 7.98. The van der Waals surface area contributed by atoms with Gasteiger partial charge >= 0.3 is 0 Å². The predicted molar refractivity (Wildman–Crippen MR) is 135 cm³/mol. The first-order chi connectivity index (χ1) is 17.3. The van der Waals surface area contributed by atoms with Gasteiger partial charge in [0.05, 0.1) is 6.04 Å². The topological polar surface area (TPSA) is 120 Å². The van der Waals surface area contributed by atoms with Gasteiger partial charge in [-0.05, 0) is 69.2 Å². The highest BCUT2D eigenvalue weighted by atomic mass is 16.2. The van der Waals surface area contributed by atoms with E-state index in [2.05, 4.69) is 27.8 Å². The fourth-order valence-electron chi connectivity index (χ4n) is 5.75. The zero-order valence-corrected chi connectivity index (χ0v) is 21.1. The van der Waals surface area contributed by atoms with Crippen molar-refractivity contribution in [3.05, 3.63) is 48.0 Å². The summed E-state index contributed by atoms with van der Waals surface area (Å²) in [5.74, 6) is -0.302. The maximum absolute atomic E-state index is 13.7. The van der Waals surface area contributed by atoms with Crippen molar-refractivity contribution >= 4 is 23.6 Å². The Morgan fingerprint density at radius 1 is 1.17 bits per heavy atom. The molecule has 9 heteroatoms. The van der Waals surface area contributed by atoms with Crippen LogP contribution in [0.15, 0.2) is 36.9 Å². The van der Waals surface area contributed by atoms with E-state index in [1.54, 1.807) is 14.0 Å². The Labute approximate surface area is 212 Å². The molecule has 9 nitrogen and oxygen atoms in total. The fraction of sp³-hybridized carbons (Fsp3) is 0.556. The van der Waals surface area contributed by atoms with Crippen molar-refractivity contribution in [3.63, 3.8) is 0 Å². The maximum atomic E-state index is 13.7. The highest BCUT2D eigenvalue weighted by Gasteiger charge is 2.65. The second-order valence-corrected chi connectivity index (χ2v) is 10.2. The molecule has 4 rings (SSSR count). The molecule has 0 bridgehead atoms. The molecule has 1 unspecified atom stereocenters. The van der Waals surface area contributed by atoms with Gasteiger partial charge in [0.1, 0.15) is 12.1 Å². The highest BCUT2D eigenvalue weighted by Crippen LogP contribution is 2.59. The van der Waals surface area contributed by atoms with E-state index < -0.39 is 18.1 Å². The first-order valence-electron chi connectivity index (χ1n) is 12.9. The Kier molecular flexibility index (Phi) is 7.78. The fourth-order valence-corrected chi connectivity index (χ4v) is 5.75. The van der Waals surface area contributed by atoms with E-state index in [9.17, 15) is 19.2 Å². The van der Waals surface area contributed by atoms with Gasteiger partial charge < -0.3 is 26.2 Å². The van der Waals surface area contributed by atoms with Gasteiger partial charge in [-0.3, -0.25) is 19.2 Å². The molecule has 4 N–H and O–H groups in total. The Bertz CT molecular complexity index is 1040. The summed E-state index contributed by atoms with van der Waals surface area (Å²) in [5, 5.41) is 11.6. The van der Waals surface area contributed by atoms with E-state index in [1.807, 2.05) is 29.2 Å². The molecular weight excluding hydrogens is 458 g/mol. The van der Waals surface area contributed by atoms with Crippen molar-refractivity contribution in [1.29, 1.82) is 0 Å². The summed E-state index contributed by atoms with van der Waals surface area (Å²) >= 11 is 0. The lowest BCUT2D eigenvalue weighted by Gasteiger charge is -2.36. The van der Waals surface area contributed by atoms with Gasteiger partial charge in [0.25, 0.3) is 0 Å². The van der Waals surface area contributed by atoms with Crippen LogP contribution in [0.3, 0.4) is 0 Å². The smallest absolute Gasteiger partial charge is 0.246 e. The van der Waals surface area contributed by atoms with Crippen LogP contribution in [0.5, 0.6) is 0 Å². The number of benzene rings is 1. The first-order valence-corrected chi connectivity index (χ1v) is 12.9. The third kappa shape index (κ3) is 5.31. The molecule has 2 saturated heterocycles. The van der Waals surface area contributed by atoms with Crippen molar-refractivity contribution in [3.8, 4) is 0 Å². The molecule has 3 fully saturated rings. The Hall–Kier alpha value is -3.20. The minimum absolute atomic E-state index is 0.133. The van der Waals surface area contributed by atoms with Crippen molar-refractivity contribution in [2.75, 3.05) is 7.05 Å². The van der Waals surface area contributed by atoms with Crippen molar-refractivity contribution in [2.24, 2.45) is 5.92 Å². The molecule has 0 aromatic heterocycles. The van der Waals surface area contributed by atoms with Gasteiger partial charge in [0.2, 0.25) is 23.6 Å². The summed E-state index contributed by atoms with van der Waals surface area (Å²) in [5.41, 5.74) is 1.60. The lowest BCUT2D eigenvalue weighted by molar-refractivity contribution is -0.145. The predicted octanol–water partition coefficient (Wildman–Crippen LogP) is 1.13. The van der Waals surface area contributed by atoms with Crippen molar-refractivity contribution < 1.29 is 19.2 Å². The Morgan fingerprint density at radius 3 is 2.58 bits per heavy atom. The quantitative estimate of drug-likeness (QED) is 0.383. The summed E-state index contributed by atoms with van der Waals surface area (Å²) in [6, 6.07) is 6.11. The van der Waals surface area contributed by atoms with Crippen LogP contribution >= 0.6 is 0 Å². The van der Waals surface area contributed by atoms with Crippen LogP contribution in [0, 0.1) is 5.92 Å². The van der Waals surface area contributed by atoms with Gasteiger partial charge in [-0.2, -0.15) is 0 Å².